The van der Waals surface area contributed by atoms with Gasteiger partial charge >= 0.3 is 0 Å². The normalized spacial score (nSPS) is 11.2. The predicted octanol–water partition coefficient (Wildman–Crippen LogP) is 3.28. The summed E-state index contributed by atoms with van der Waals surface area (Å²) in [4.78, 5) is 3.32. The number of aromatic amines is 1. The van der Waals surface area contributed by atoms with Crippen LogP contribution in [0.5, 0.6) is 0 Å². The fourth-order valence-corrected chi connectivity index (χ4v) is 2.30. The summed E-state index contributed by atoms with van der Waals surface area (Å²) in [7, 11) is 0. The maximum Gasteiger partial charge on any atom is 0.0487 e. The van der Waals surface area contributed by atoms with Gasteiger partial charge < -0.3 is 10.3 Å². The van der Waals surface area contributed by atoms with E-state index in [1.807, 2.05) is 12.1 Å². The SMILES string of the molecule is CCNCCc1c[nH]c2c(C)cc(Cl)cc12. The molecule has 0 bridgehead atoms. The molecule has 2 nitrogen and oxygen atoms in total. The minimum absolute atomic E-state index is 0.814. The Balaban J connectivity index is 2.32. The van der Waals surface area contributed by atoms with Crippen LogP contribution < -0.4 is 5.32 Å². The molecule has 16 heavy (non-hydrogen) atoms. The monoisotopic (exact) mass is 236 g/mol. The fourth-order valence-electron chi connectivity index (χ4n) is 2.03. The topological polar surface area (TPSA) is 27.8 Å². The van der Waals surface area contributed by atoms with Gasteiger partial charge in [-0.2, -0.15) is 0 Å². The van der Waals surface area contributed by atoms with E-state index in [4.69, 9.17) is 11.6 Å². The molecule has 0 atom stereocenters. The number of rotatable bonds is 4. The van der Waals surface area contributed by atoms with Crippen molar-refractivity contribution in [3.63, 3.8) is 0 Å². The van der Waals surface area contributed by atoms with E-state index in [9.17, 15) is 0 Å². The van der Waals surface area contributed by atoms with Gasteiger partial charge in [0.1, 0.15) is 0 Å². The standard InChI is InChI=1S/C13H17ClN2/c1-3-15-5-4-10-8-16-13-9(2)6-11(14)7-12(10)13/h6-8,15-16H,3-5H2,1-2H3. The number of aromatic nitrogens is 1. The summed E-state index contributed by atoms with van der Waals surface area (Å²) in [6, 6.07) is 4.04. The van der Waals surface area contributed by atoms with E-state index in [2.05, 4.69) is 30.3 Å². The number of aryl methyl sites for hydroxylation is 1. The van der Waals surface area contributed by atoms with E-state index in [1.54, 1.807) is 0 Å². The Morgan fingerprint density at radius 3 is 2.94 bits per heavy atom. The van der Waals surface area contributed by atoms with Gasteiger partial charge in [-0.15, -0.1) is 0 Å². The number of likely N-dealkylation sites (N-methyl/N-ethyl adjacent to an activating group) is 1. The van der Waals surface area contributed by atoms with Crippen molar-refractivity contribution in [2.75, 3.05) is 13.1 Å². The van der Waals surface area contributed by atoms with E-state index in [0.29, 0.717) is 0 Å². The van der Waals surface area contributed by atoms with Gasteiger partial charge in [0.25, 0.3) is 0 Å². The zero-order valence-electron chi connectivity index (χ0n) is 9.73. The molecule has 2 aromatic rings. The lowest BCUT2D eigenvalue weighted by atomic mass is 10.1. The summed E-state index contributed by atoms with van der Waals surface area (Å²) < 4.78 is 0. The van der Waals surface area contributed by atoms with Crippen molar-refractivity contribution < 1.29 is 0 Å². The minimum atomic E-state index is 0.814. The van der Waals surface area contributed by atoms with Gasteiger partial charge in [-0.3, -0.25) is 0 Å². The second kappa shape index (κ2) is 4.89. The molecule has 1 aromatic heterocycles. The quantitative estimate of drug-likeness (QED) is 0.784. The Labute approximate surface area is 101 Å². The van der Waals surface area contributed by atoms with Crippen LogP contribution in [-0.4, -0.2) is 18.1 Å². The first kappa shape index (κ1) is 11.5. The van der Waals surface area contributed by atoms with Gasteiger partial charge in [0.15, 0.2) is 0 Å². The number of nitrogens with one attached hydrogen (secondary N) is 2. The lowest BCUT2D eigenvalue weighted by Gasteiger charge is -2.02. The predicted molar refractivity (Wildman–Crippen MR) is 70.3 cm³/mol. The maximum absolute atomic E-state index is 6.08. The third kappa shape index (κ3) is 2.23. The first-order valence-electron chi connectivity index (χ1n) is 5.69. The van der Waals surface area contributed by atoms with Crippen LogP contribution in [0.25, 0.3) is 10.9 Å². The smallest absolute Gasteiger partial charge is 0.0487 e. The van der Waals surface area contributed by atoms with Gasteiger partial charge in [-0.05, 0) is 49.7 Å². The highest BCUT2D eigenvalue weighted by Crippen LogP contribution is 2.25. The van der Waals surface area contributed by atoms with Crippen LogP contribution in [0.4, 0.5) is 0 Å². The summed E-state index contributed by atoms with van der Waals surface area (Å²) in [5.74, 6) is 0. The Morgan fingerprint density at radius 2 is 2.19 bits per heavy atom. The van der Waals surface area contributed by atoms with E-state index in [-0.39, 0.29) is 0 Å². The van der Waals surface area contributed by atoms with Gasteiger partial charge in [-0.25, -0.2) is 0 Å². The zero-order chi connectivity index (χ0) is 11.5. The van der Waals surface area contributed by atoms with Crippen LogP contribution in [0.15, 0.2) is 18.3 Å². The molecule has 0 radical (unpaired) electrons. The molecule has 0 aliphatic rings. The third-order valence-electron chi connectivity index (χ3n) is 2.86. The number of H-pyrrole nitrogens is 1. The molecular formula is C13H17ClN2. The lowest BCUT2D eigenvalue weighted by Crippen LogP contribution is -2.15. The van der Waals surface area contributed by atoms with Crippen LogP contribution in [0.2, 0.25) is 5.02 Å². The van der Waals surface area contributed by atoms with Crippen LogP contribution in [-0.2, 0) is 6.42 Å². The van der Waals surface area contributed by atoms with E-state index in [0.717, 1.165) is 24.5 Å². The van der Waals surface area contributed by atoms with Crippen molar-refractivity contribution in [3.05, 3.63) is 34.5 Å². The molecular weight excluding hydrogens is 220 g/mol. The molecule has 0 saturated carbocycles. The van der Waals surface area contributed by atoms with E-state index in [1.165, 1.54) is 22.0 Å². The maximum atomic E-state index is 6.08. The molecule has 0 fully saturated rings. The summed E-state index contributed by atoms with van der Waals surface area (Å²) in [6.45, 7) is 6.23. The first-order valence-corrected chi connectivity index (χ1v) is 6.07. The summed E-state index contributed by atoms with van der Waals surface area (Å²) >= 11 is 6.08. The van der Waals surface area contributed by atoms with Crippen LogP contribution in [0.1, 0.15) is 18.1 Å². The molecule has 0 unspecified atom stereocenters. The summed E-state index contributed by atoms with van der Waals surface area (Å²) in [5.41, 5.74) is 3.75. The number of benzene rings is 1. The van der Waals surface area contributed by atoms with Crippen LogP contribution in [0.3, 0.4) is 0 Å². The molecule has 2 N–H and O–H groups in total. The molecule has 1 aromatic carbocycles. The van der Waals surface area contributed by atoms with Crippen LogP contribution >= 0.6 is 11.6 Å². The Bertz CT molecular complexity index is 488. The van der Waals surface area contributed by atoms with Crippen molar-refractivity contribution in [1.29, 1.82) is 0 Å². The second-order valence-electron chi connectivity index (χ2n) is 4.06. The average Bonchev–Trinajstić information content (AvgIpc) is 2.62. The Hall–Kier alpha value is -0.990. The molecule has 86 valence electrons. The van der Waals surface area contributed by atoms with E-state index < -0.39 is 0 Å². The largest absolute Gasteiger partial charge is 0.361 e. The Morgan fingerprint density at radius 1 is 1.38 bits per heavy atom. The number of fused-ring (bicyclic) bond motifs is 1. The summed E-state index contributed by atoms with van der Waals surface area (Å²) in [6.07, 6.45) is 3.12. The van der Waals surface area contributed by atoms with Gasteiger partial charge in [0.05, 0.1) is 0 Å². The number of halogens is 1. The lowest BCUT2D eigenvalue weighted by molar-refractivity contribution is 0.718. The average molecular weight is 237 g/mol. The molecule has 0 amide bonds. The van der Waals surface area contributed by atoms with Gasteiger partial charge in [0.2, 0.25) is 0 Å². The van der Waals surface area contributed by atoms with Crippen LogP contribution in [0, 0.1) is 6.92 Å². The highest BCUT2D eigenvalue weighted by molar-refractivity contribution is 6.31. The zero-order valence-corrected chi connectivity index (χ0v) is 10.5. The summed E-state index contributed by atoms with van der Waals surface area (Å²) in [5, 5.41) is 5.40. The molecule has 0 saturated heterocycles. The number of hydrogen-bond donors (Lipinski definition) is 2. The van der Waals surface area contributed by atoms with Gasteiger partial charge in [-0.1, -0.05) is 18.5 Å². The van der Waals surface area contributed by atoms with Crippen molar-refractivity contribution in [1.82, 2.24) is 10.3 Å². The highest BCUT2D eigenvalue weighted by Gasteiger charge is 2.06. The first-order chi connectivity index (χ1) is 7.72. The number of hydrogen-bond acceptors (Lipinski definition) is 1. The molecule has 0 spiro atoms. The molecule has 3 heteroatoms. The van der Waals surface area contributed by atoms with Crippen molar-refractivity contribution in [3.8, 4) is 0 Å². The molecule has 2 rings (SSSR count). The Kier molecular flexibility index (Phi) is 3.52. The van der Waals surface area contributed by atoms with Crippen molar-refractivity contribution >= 4 is 22.5 Å². The third-order valence-corrected chi connectivity index (χ3v) is 3.08. The highest BCUT2D eigenvalue weighted by atomic mass is 35.5. The molecule has 0 aliphatic heterocycles. The van der Waals surface area contributed by atoms with E-state index >= 15 is 0 Å². The van der Waals surface area contributed by atoms with Gasteiger partial charge in [0, 0.05) is 22.1 Å². The minimum Gasteiger partial charge on any atom is -0.361 e. The van der Waals surface area contributed by atoms with Crippen molar-refractivity contribution in [2.24, 2.45) is 0 Å². The second-order valence-corrected chi connectivity index (χ2v) is 4.50. The molecule has 1 heterocycles. The molecule has 0 aliphatic carbocycles. The fraction of sp³-hybridized carbons (Fsp3) is 0.385. The van der Waals surface area contributed by atoms with Crippen molar-refractivity contribution in [2.45, 2.75) is 20.3 Å².